The number of thioether (sulfide) groups is 1. The summed E-state index contributed by atoms with van der Waals surface area (Å²) in [5, 5.41) is 3.29. The molecule has 0 aliphatic rings. The molecule has 1 atom stereocenters. The van der Waals surface area contributed by atoms with E-state index < -0.39 is 0 Å². The summed E-state index contributed by atoms with van der Waals surface area (Å²) in [5.74, 6) is 1.24. The topological polar surface area (TPSA) is 38.3 Å². The first-order chi connectivity index (χ1) is 9.52. The Labute approximate surface area is 126 Å². The van der Waals surface area contributed by atoms with Gasteiger partial charge in [0.25, 0.3) is 0 Å². The van der Waals surface area contributed by atoms with E-state index in [1.54, 1.807) is 11.8 Å². The molecule has 112 valence electrons. The van der Waals surface area contributed by atoms with Crippen molar-refractivity contribution in [1.82, 2.24) is 5.32 Å². The fourth-order valence-corrected chi connectivity index (χ4v) is 2.70. The molecule has 0 saturated carbocycles. The van der Waals surface area contributed by atoms with Crippen molar-refractivity contribution < 1.29 is 9.53 Å². The van der Waals surface area contributed by atoms with Crippen molar-refractivity contribution in [1.29, 1.82) is 0 Å². The average Bonchev–Trinajstić information content (AvgIpc) is 2.43. The van der Waals surface area contributed by atoms with Crippen molar-refractivity contribution in [3.05, 3.63) is 29.8 Å². The molecular formula is C16H25NO2S. The summed E-state index contributed by atoms with van der Waals surface area (Å²) in [4.78, 5) is 12.9. The molecule has 0 fully saturated rings. The Morgan fingerprint density at radius 1 is 1.30 bits per heavy atom. The van der Waals surface area contributed by atoms with Crippen molar-refractivity contribution in [3.63, 3.8) is 0 Å². The van der Waals surface area contributed by atoms with Crippen molar-refractivity contribution in [2.45, 2.75) is 38.1 Å². The van der Waals surface area contributed by atoms with Gasteiger partial charge in [-0.3, -0.25) is 4.79 Å². The molecule has 1 aromatic rings. The van der Waals surface area contributed by atoms with Gasteiger partial charge in [0.15, 0.2) is 0 Å². The smallest absolute Gasteiger partial charge is 0.322 e. The Kier molecular flexibility index (Phi) is 7.70. The summed E-state index contributed by atoms with van der Waals surface area (Å²) in [6.45, 7) is 7.10. The summed E-state index contributed by atoms with van der Waals surface area (Å²) in [6.07, 6.45) is 0.807. The lowest BCUT2D eigenvalue weighted by molar-refractivity contribution is -0.143. The number of hydrogen-bond acceptors (Lipinski definition) is 4. The highest BCUT2D eigenvalue weighted by Crippen LogP contribution is 2.17. The normalized spacial score (nSPS) is 12.4. The lowest BCUT2D eigenvalue weighted by Crippen LogP contribution is -2.39. The van der Waals surface area contributed by atoms with E-state index in [9.17, 15) is 4.79 Å². The van der Waals surface area contributed by atoms with Crippen LogP contribution in [0.15, 0.2) is 29.2 Å². The summed E-state index contributed by atoms with van der Waals surface area (Å²) in [5.41, 5.74) is 1.27. The number of carbonyl (C=O) groups is 1. The third-order valence-electron chi connectivity index (χ3n) is 2.98. The van der Waals surface area contributed by atoms with Crippen LogP contribution in [0.1, 0.15) is 25.8 Å². The maximum absolute atomic E-state index is 11.7. The highest BCUT2D eigenvalue weighted by molar-refractivity contribution is 7.99. The van der Waals surface area contributed by atoms with Crippen LogP contribution >= 0.6 is 11.8 Å². The molecule has 0 heterocycles. The first-order valence-corrected chi connectivity index (χ1v) is 8.02. The van der Waals surface area contributed by atoms with E-state index in [4.69, 9.17) is 4.74 Å². The first-order valence-electron chi connectivity index (χ1n) is 7.03. The van der Waals surface area contributed by atoms with Crippen LogP contribution in [-0.4, -0.2) is 31.4 Å². The Morgan fingerprint density at radius 3 is 2.50 bits per heavy atom. The number of hydrogen-bond donors (Lipinski definition) is 1. The molecule has 0 aliphatic heterocycles. The minimum Gasteiger partial charge on any atom is -0.468 e. The zero-order chi connectivity index (χ0) is 15.0. The zero-order valence-corrected chi connectivity index (χ0v) is 13.6. The first kappa shape index (κ1) is 17.1. The van der Waals surface area contributed by atoms with Gasteiger partial charge in [0, 0.05) is 17.2 Å². The summed E-state index contributed by atoms with van der Waals surface area (Å²) in [7, 11) is 1.44. The molecule has 0 radical (unpaired) electrons. The largest absolute Gasteiger partial charge is 0.468 e. The second-order valence-corrected chi connectivity index (χ2v) is 6.49. The Balaban J connectivity index is 2.33. The van der Waals surface area contributed by atoms with E-state index in [1.165, 1.54) is 17.6 Å². The van der Waals surface area contributed by atoms with Gasteiger partial charge in [-0.2, -0.15) is 0 Å². The number of esters is 1. The third-order valence-corrected chi connectivity index (χ3v) is 3.99. The lowest BCUT2D eigenvalue weighted by atomic mass is 10.0. The predicted octanol–water partition coefficient (Wildman–Crippen LogP) is 3.26. The molecule has 1 N–H and O–H groups in total. The predicted molar refractivity (Wildman–Crippen MR) is 85.2 cm³/mol. The van der Waals surface area contributed by atoms with Crippen LogP contribution in [0.2, 0.25) is 0 Å². The van der Waals surface area contributed by atoms with Gasteiger partial charge in [0.2, 0.25) is 0 Å². The Hall–Kier alpha value is -1.00. The van der Waals surface area contributed by atoms with Crippen LogP contribution in [0.5, 0.6) is 0 Å². The molecule has 0 aliphatic carbocycles. The minimum atomic E-state index is -0.196. The zero-order valence-electron chi connectivity index (χ0n) is 12.8. The summed E-state index contributed by atoms with van der Waals surface area (Å²) in [6, 6.07) is 8.30. The van der Waals surface area contributed by atoms with Crippen LogP contribution in [0, 0.1) is 12.8 Å². The van der Waals surface area contributed by atoms with Crippen molar-refractivity contribution in [3.8, 4) is 0 Å². The Bertz CT molecular complexity index is 403. The molecule has 1 unspecified atom stereocenters. The second-order valence-electron chi connectivity index (χ2n) is 5.32. The molecule has 1 rings (SSSR count). The van der Waals surface area contributed by atoms with Crippen LogP contribution in [0.4, 0.5) is 0 Å². The van der Waals surface area contributed by atoms with E-state index in [1.807, 2.05) is 0 Å². The highest BCUT2D eigenvalue weighted by atomic mass is 32.2. The number of rotatable bonds is 8. The number of aryl methyl sites for hydroxylation is 1. The molecule has 20 heavy (non-hydrogen) atoms. The number of nitrogens with one attached hydrogen (secondary N) is 1. The minimum absolute atomic E-state index is 0.168. The van der Waals surface area contributed by atoms with Crippen molar-refractivity contribution in [2.75, 3.05) is 19.4 Å². The molecule has 0 bridgehead atoms. The molecule has 4 heteroatoms. The van der Waals surface area contributed by atoms with Crippen molar-refractivity contribution in [2.24, 2.45) is 5.92 Å². The van der Waals surface area contributed by atoms with Gasteiger partial charge in [-0.05, 0) is 31.4 Å². The second kappa shape index (κ2) is 9.03. The molecule has 1 aromatic carbocycles. The SMILES string of the molecule is COC(=O)C(CC(C)C)NCCSc1ccc(C)cc1. The molecule has 0 spiro atoms. The van der Waals surface area contributed by atoms with Crippen LogP contribution in [-0.2, 0) is 9.53 Å². The van der Waals surface area contributed by atoms with E-state index >= 15 is 0 Å². The Morgan fingerprint density at radius 2 is 1.95 bits per heavy atom. The maximum atomic E-state index is 11.7. The van der Waals surface area contributed by atoms with Crippen LogP contribution in [0.25, 0.3) is 0 Å². The number of benzene rings is 1. The van der Waals surface area contributed by atoms with Gasteiger partial charge in [0.1, 0.15) is 6.04 Å². The molecule has 0 amide bonds. The highest BCUT2D eigenvalue weighted by Gasteiger charge is 2.19. The van der Waals surface area contributed by atoms with E-state index in [0.29, 0.717) is 5.92 Å². The average molecular weight is 295 g/mol. The standard InChI is InChI=1S/C16H25NO2S/c1-12(2)11-15(16(18)19-4)17-9-10-20-14-7-5-13(3)6-8-14/h5-8,12,15,17H,9-11H2,1-4H3. The van der Waals surface area contributed by atoms with Crippen LogP contribution < -0.4 is 5.32 Å². The summed E-state index contributed by atoms with van der Waals surface area (Å²) >= 11 is 1.79. The van der Waals surface area contributed by atoms with Crippen molar-refractivity contribution >= 4 is 17.7 Å². The van der Waals surface area contributed by atoms with Gasteiger partial charge >= 0.3 is 5.97 Å². The van der Waals surface area contributed by atoms with E-state index in [2.05, 4.69) is 50.4 Å². The summed E-state index contributed by atoms with van der Waals surface area (Å²) < 4.78 is 4.83. The van der Waals surface area contributed by atoms with Crippen LogP contribution in [0.3, 0.4) is 0 Å². The molecule has 3 nitrogen and oxygen atoms in total. The van der Waals surface area contributed by atoms with Gasteiger partial charge < -0.3 is 10.1 Å². The third kappa shape index (κ3) is 6.44. The van der Waals surface area contributed by atoms with E-state index in [-0.39, 0.29) is 12.0 Å². The fourth-order valence-electron chi connectivity index (χ4n) is 1.91. The van der Waals surface area contributed by atoms with Gasteiger partial charge in [-0.25, -0.2) is 0 Å². The molecular weight excluding hydrogens is 270 g/mol. The molecule has 0 saturated heterocycles. The lowest BCUT2D eigenvalue weighted by Gasteiger charge is -2.18. The number of methoxy groups -OCH3 is 1. The molecule has 0 aromatic heterocycles. The van der Waals surface area contributed by atoms with Gasteiger partial charge in [-0.15, -0.1) is 11.8 Å². The fraction of sp³-hybridized carbons (Fsp3) is 0.562. The van der Waals surface area contributed by atoms with Gasteiger partial charge in [-0.1, -0.05) is 31.5 Å². The quantitative estimate of drug-likeness (QED) is 0.454. The maximum Gasteiger partial charge on any atom is 0.322 e. The van der Waals surface area contributed by atoms with E-state index in [0.717, 1.165) is 18.7 Å². The van der Waals surface area contributed by atoms with Gasteiger partial charge in [0.05, 0.1) is 7.11 Å². The number of ether oxygens (including phenoxy) is 1. The monoisotopic (exact) mass is 295 g/mol. The number of carbonyl (C=O) groups excluding carboxylic acids is 1.